The highest BCUT2D eigenvalue weighted by molar-refractivity contribution is 5.77. The molecule has 3 heterocycles. The smallest absolute Gasteiger partial charge is 0.222 e. The summed E-state index contributed by atoms with van der Waals surface area (Å²) in [5, 5.41) is 11.1. The number of β-amino-alcohol motifs (C(OH)–C–C–N with tert-alkyl or cyclic N) is 1. The quantitative estimate of drug-likeness (QED) is 0.555. The van der Waals surface area contributed by atoms with Gasteiger partial charge in [0.2, 0.25) is 5.91 Å². The van der Waals surface area contributed by atoms with Crippen molar-refractivity contribution in [1.82, 2.24) is 14.8 Å². The fourth-order valence-electron chi connectivity index (χ4n) is 4.68. The number of halogens is 1. The third-order valence-corrected chi connectivity index (χ3v) is 6.32. The molecule has 2 fully saturated rings. The molecule has 0 radical (unpaired) electrons. The van der Waals surface area contributed by atoms with E-state index in [4.69, 9.17) is 4.74 Å². The number of anilines is 1. The number of aliphatic hydroxyl groups is 1. The number of hydrogen-bond acceptors (Lipinski definition) is 6. The van der Waals surface area contributed by atoms with E-state index in [0.717, 1.165) is 37.2 Å². The Morgan fingerprint density at radius 2 is 2.03 bits per heavy atom. The molecule has 1 amide bonds. The number of ether oxygens (including phenoxy) is 1. The Morgan fingerprint density at radius 1 is 1.21 bits per heavy atom. The van der Waals surface area contributed by atoms with Crippen LogP contribution in [0, 0.1) is 5.82 Å². The Balaban J connectivity index is 1.19. The maximum Gasteiger partial charge on any atom is 0.222 e. The van der Waals surface area contributed by atoms with Crippen molar-refractivity contribution in [2.45, 2.75) is 37.8 Å². The number of pyridine rings is 1. The first-order valence-corrected chi connectivity index (χ1v) is 11.7. The third-order valence-electron chi connectivity index (χ3n) is 6.32. The normalized spacial score (nSPS) is 20.8. The molecule has 1 atom stereocenters. The lowest BCUT2D eigenvalue weighted by Gasteiger charge is -2.29. The molecule has 178 valence electrons. The maximum atomic E-state index is 13.1. The first-order chi connectivity index (χ1) is 15.9. The number of hydrogen-bond donors (Lipinski definition) is 1. The summed E-state index contributed by atoms with van der Waals surface area (Å²) in [6, 6.07) is 11.1. The molecule has 2 aliphatic rings. The van der Waals surface area contributed by atoms with Gasteiger partial charge in [0.15, 0.2) is 0 Å². The van der Waals surface area contributed by atoms with Crippen molar-refractivity contribution in [3.8, 4) is 5.75 Å². The second-order valence-electron chi connectivity index (χ2n) is 9.23. The lowest BCUT2D eigenvalue weighted by Crippen LogP contribution is -2.43. The molecule has 1 N–H and O–H groups in total. The van der Waals surface area contributed by atoms with Crippen molar-refractivity contribution in [1.29, 1.82) is 0 Å². The van der Waals surface area contributed by atoms with Gasteiger partial charge in [0, 0.05) is 45.7 Å². The molecule has 8 heteroatoms. The number of nitrogens with zero attached hydrogens (tertiary/aromatic N) is 4. The number of likely N-dealkylation sites (N-methyl/N-ethyl adjacent to an activating group) is 1. The van der Waals surface area contributed by atoms with Gasteiger partial charge in [-0.25, -0.2) is 9.37 Å². The Kier molecular flexibility index (Phi) is 7.45. The van der Waals surface area contributed by atoms with E-state index in [1.165, 1.54) is 12.3 Å². The van der Waals surface area contributed by atoms with Crippen molar-refractivity contribution in [2.24, 2.45) is 0 Å². The van der Waals surface area contributed by atoms with Crippen LogP contribution in [0.1, 0.15) is 31.2 Å². The molecule has 2 saturated heterocycles. The number of carbonyl (C=O) groups excluding carboxylic acids is 1. The van der Waals surface area contributed by atoms with E-state index in [1.54, 1.807) is 6.07 Å². The molecule has 7 nitrogen and oxygen atoms in total. The summed E-state index contributed by atoms with van der Waals surface area (Å²) < 4.78 is 18.9. The highest BCUT2D eigenvalue weighted by atomic mass is 19.1. The fourth-order valence-corrected chi connectivity index (χ4v) is 4.68. The van der Waals surface area contributed by atoms with Crippen LogP contribution < -0.4 is 9.64 Å². The summed E-state index contributed by atoms with van der Waals surface area (Å²) in [4.78, 5) is 21.8. The van der Waals surface area contributed by atoms with Gasteiger partial charge in [0.05, 0.1) is 18.4 Å². The molecule has 33 heavy (non-hydrogen) atoms. The van der Waals surface area contributed by atoms with Crippen molar-refractivity contribution in [3.05, 3.63) is 54.0 Å². The predicted molar refractivity (Wildman–Crippen MR) is 125 cm³/mol. The van der Waals surface area contributed by atoms with E-state index in [-0.39, 0.29) is 11.7 Å². The van der Waals surface area contributed by atoms with Crippen molar-refractivity contribution in [3.63, 3.8) is 0 Å². The van der Waals surface area contributed by atoms with Crippen LogP contribution in [-0.2, 0) is 11.3 Å². The molecule has 1 aromatic heterocycles. The minimum Gasteiger partial charge on any atom is -0.494 e. The lowest BCUT2D eigenvalue weighted by atomic mass is 10.0. The van der Waals surface area contributed by atoms with E-state index in [1.807, 2.05) is 41.1 Å². The van der Waals surface area contributed by atoms with E-state index in [9.17, 15) is 14.3 Å². The van der Waals surface area contributed by atoms with Crippen LogP contribution in [-0.4, -0.2) is 77.8 Å². The minimum atomic E-state index is -0.829. The number of amides is 1. The molecule has 0 bridgehead atoms. The van der Waals surface area contributed by atoms with Gasteiger partial charge in [-0.15, -0.1) is 0 Å². The van der Waals surface area contributed by atoms with E-state index < -0.39 is 5.60 Å². The number of aromatic nitrogens is 1. The van der Waals surface area contributed by atoms with Gasteiger partial charge in [-0.2, -0.15) is 0 Å². The summed E-state index contributed by atoms with van der Waals surface area (Å²) >= 11 is 0. The summed E-state index contributed by atoms with van der Waals surface area (Å²) in [7, 11) is 2.00. The zero-order valence-electron chi connectivity index (χ0n) is 19.3. The second kappa shape index (κ2) is 10.5. The summed E-state index contributed by atoms with van der Waals surface area (Å²) in [5.41, 5.74) is 0.316. The summed E-state index contributed by atoms with van der Waals surface area (Å²) in [5.74, 6) is 1.41. The molecule has 0 spiro atoms. The van der Waals surface area contributed by atoms with Gasteiger partial charge in [0.1, 0.15) is 17.4 Å². The molecule has 0 saturated carbocycles. The van der Waals surface area contributed by atoms with Gasteiger partial charge >= 0.3 is 0 Å². The number of benzene rings is 1. The van der Waals surface area contributed by atoms with Gasteiger partial charge in [-0.05, 0) is 56.1 Å². The van der Waals surface area contributed by atoms with Gasteiger partial charge in [-0.3, -0.25) is 9.69 Å². The zero-order valence-corrected chi connectivity index (χ0v) is 19.3. The molecule has 1 aromatic carbocycles. The zero-order chi connectivity index (χ0) is 23.3. The van der Waals surface area contributed by atoms with Crippen molar-refractivity contribution in [2.75, 3.05) is 51.3 Å². The Bertz CT molecular complexity index is 924. The topological polar surface area (TPSA) is 69.1 Å². The molecule has 4 rings (SSSR count). The standard InChI is InChI=1S/C25H33FN4O3/c1-28(18-25(32)11-14-30(19-25)23-10-7-21(26)16-27-23)17-20-5-8-22(9-6-20)33-15-3-13-29-12-2-4-24(29)31/h5-10,16,32H,2-4,11-15,17-19H2,1H3/t25-/m1/s1. The Morgan fingerprint density at radius 3 is 2.73 bits per heavy atom. The highest BCUT2D eigenvalue weighted by Gasteiger charge is 2.37. The molecule has 0 aliphatic carbocycles. The van der Waals surface area contributed by atoms with Crippen LogP contribution in [0.25, 0.3) is 0 Å². The average molecular weight is 457 g/mol. The predicted octanol–water partition coefficient (Wildman–Crippen LogP) is 2.69. The van der Waals surface area contributed by atoms with Crippen LogP contribution in [0.2, 0.25) is 0 Å². The number of carbonyl (C=O) groups is 1. The first-order valence-electron chi connectivity index (χ1n) is 11.7. The SMILES string of the molecule is CN(Cc1ccc(OCCCN2CCCC2=O)cc1)C[C@]1(O)CCN(c2ccc(F)cn2)C1. The summed E-state index contributed by atoms with van der Waals surface area (Å²) in [6.45, 7) is 4.66. The van der Waals surface area contributed by atoms with E-state index >= 15 is 0 Å². The third kappa shape index (κ3) is 6.42. The second-order valence-corrected chi connectivity index (χ2v) is 9.23. The van der Waals surface area contributed by atoms with Crippen LogP contribution in [0.3, 0.4) is 0 Å². The fraction of sp³-hybridized carbons (Fsp3) is 0.520. The van der Waals surface area contributed by atoms with E-state index in [2.05, 4.69) is 9.88 Å². The number of likely N-dealkylation sites (tertiary alicyclic amines) is 1. The highest BCUT2D eigenvalue weighted by Crippen LogP contribution is 2.27. The van der Waals surface area contributed by atoms with Crippen molar-refractivity contribution < 1.29 is 19.0 Å². The van der Waals surface area contributed by atoms with Crippen LogP contribution in [0.15, 0.2) is 42.6 Å². The largest absolute Gasteiger partial charge is 0.494 e. The first kappa shape index (κ1) is 23.4. The molecular formula is C25H33FN4O3. The molecule has 0 unspecified atom stereocenters. The summed E-state index contributed by atoms with van der Waals surface area (Å²) in [6.07, 6.45) is 4.33. The Labute approximate surface area is 194 Å². The average Bonchev–Trinajstić information content (AvgIpc) is 3.38. The van der Waals surface area contributed by atoms with Gasteiger partial charge < -0.3 is 19.6 Å². The lowest BCUT2D eigenvalue weighted by molar-refractivity contribution is -0.127. The van der Waals surface area contributed by atoms with E-state index in [0.29, 0.717) is 51.4 Å². The van der Waals surface area contributed by atoms with Crippen LogP contribution >= 0.6 is 0 Å². The Hall–Kier alpha value is -2.71. The van der Waals surface area contributed by atoms with Crippen molar-refractivity contribution >= 4 is 11.7 Å². The van der Waals surface area contributed by atoms with Gasteiger partial charge in [0.25, 0.3) is 0 Å². The maximum absolute atomic E-state index is 13.1. The minimum absolute atomic E-state index is 0.255. The monoisotopic (exact) mass is 456 g/mol. The number of rotatable bonds is 10. The van der Waals surface area contributed by atoms with Crippen LogP contribution in [0.4, 0.5) is 10.2 Å². The van der Waals surface area contributed by atoms with Crippen LogP contribution in [0.5, 0.6) is 5.75 Å². The molecular weight excluding hydrogens is 423 g/mol. The molecule has 2 aliphatic heterocycles. The molecule has 2 aromatic rings. The van der Waals surface area contributed by atoms with Gasteiger partial charge in [-0.1, -0.05) is 12.1 Å².